The van der Waals surface area contributed by atoms with Gasteiger partial charge in [0.1, 0.15) is 5.82 Å². The van der Waals surface area contributed by atoms with Crippen molar-refractivity contribution in [3.63, 3.8) is 0 Å². The van der Waals surface area contributed by atoms with E-state index in [1.165, 1.54) is 12.1 Å². The van der Waals surface area contributed by atoms with Crippen molar-refractivity contribution >= 4 is 17.3 Å². The smallest absolute Gasteiger partial charge is 0.376 e. The Labute approximate surface area is 148 Å². The lowest BCUT2D eigenvalue weighted by Crippen LogP contribution is -2.19. The molecule has 2 aromatic carbocycles. The second-order valence-electron chi connectivity index (χ2n) is 6.58. The number of nitrogens with zero attached hydrogens (tertiary/aromatic N) is 1. The molecule has 0 saturated heterocycles. The largest absolute Gasteiger partial charge is 0.416 e. The van der Waals surface area contributed by atoms with Crippen LogP contribution in [0, 0.1) is 11.7 Å². The minimum absolute atomic E-state index is 0.0917. The molecular weight excluding hydrogens is 348 g/mol. The van der Waals surface area contributed by atoms with Crippen LogP contribution in [0.1, 0.15) is 23.5 Å². The Bertz CT molecular complexity index is 833. The van der Waals surface area contributed by atoms with E-state index < -0.39 is 23.6 Å². The van der Waals surface area contributed by atoms with E-state index in [1.807, 2.05) is 0 Å². The number of hydrogen-bond acceptors (Lipinski definition) is 2. The molecule has 2 atom stereocenters. The Morgan fingerprint density at radius 3 is 2.46 bits per heavy atom. The first kappa shape index (κ1) is 18.2. The fraction of sp³-hybridized carbons (Fsp3) is 0.316. The first-order chi connectivity index (χ1) is 12.2. The van der Waals surface area contributed by atoms with Crippen molar-refractivity contribution in [2.75, 3.05) is 24.3 Å². The van der Waals surface area contributed by atoms with Gasteiger partial charge >= 0.3 is 6.18 Å². The molecule has 7 heteroatoms. The van der Waals surface area contributed by atoms with Gasteiger partial charge in [0.15, 0.2) is 0 Å². The minimum Gasteiger partial charge on any atom is -0.376 e. The van der Waals surface area contributed by atoms with Gasteiger partial charge in [0.05, 0.1) is 16.9 Å². The van der Waals surface area contributed by atoms with Crippen molar-refractivity contribution < 1.29 is 22.4 Å². The molecule has 138 valence electrons. The Hall–Kier alpha value is -2.57. The number of carbonyl (C=O) groups is 1. The first-order valence-electron chi connectivity index (χ1n) is 8.12. The molecule has 0 spiro atoms. The number of anilines is 2. The van der Waals surface area contributed by atoms with Crippen LogP contribution in [0.2, 0.25) is 0 Å². The molecule has 1 fully saturated rings. The third kappa shape index (κ3) is 3.66. The molecule has 0 aliphatic heterocycles. The van der Waals surface area contributed by atoms with E-state index in [0.717, 1.165) is 12.1 Å². The molecule has 0 aromatic heterocycles. The van der Waals surface area contributed by atoms with Gasteiger partial charge in [0.2, 0.25) is 5.91 Å². The lowest BCUT2D eigenvalue weighted by atomic mass is 10.1. The highest BCUT2D eigenvalue weighted by molar-refractivity contribution is 5.98. The molecule has 3 rings (SSSR count). The predicted molar refractivity (Wildman–Crippen MR) is 91.6 cm³/mol. The van der Waals surface area contributed by atoms with Gasteiger partial charge < -0.3 is 10.2 Å². The highest BCUT2D eigenvalue weighted by Crippen LogP contribution is 2.49. The van der Waals surface area contributed by atoms with Crippen LogP contribution in [0.25, 0.3) is 0 Å². The van der Waals surface area contributed by atoms with Crippen molar-refractivity contribution in [1.29, 1.82) is 0 Å². The van der Waals surface area contributed by atoms with E-state index in [-0.39, 0.29) is 17.4 Å². The van der Waals surface area contributed by atoms with Gasteiger partial charge in [0, 0.05) is 20.0 Å². The highest BCUT2D eigenvalue weighted by atomic mass is 19.4. The molecule has 2 aromatic rings. The van der Waals surface area contributed by atoms with E-state index in [0.29, 0.717) is 17.7 Å². The maximum Gasteiger partial charge on any atom is 0.416 e. The third-order valence-corrected chi connectivity index (χ3v) is 4.50. The number of hydrogen-bond donors (Lipinski definition) is 1. The predicted octanol–water partition coefficient (Wildman–Crippen LogP) is 4.65. The Morgan fingerprint density at radius 1 is 1.15 bits per heavy atom. The van der Waals surface area contributed by atoms with Crippen LogP contribution in [0.4, 0.5) is 28.9 Å². The summed E-state index contributed by atoms with van der Waals surface area (Å²) in [5, 5.41) is 2.58. The van der Waals surface area contributed by atoms with Crippen LogP contribution in [0.5, 0.6) is 0 Å². The quantitative estimate of drug-likeness (QED) is 0.799. The Kier molecular flexibility index (Phi) is 4.64. The first-order valence-corrected chi connectivity index (χ1v) is 8.12. The van der Waals surface area contributed by atoms with Crippen molar-refractivity contribution in [2.45, 2.75) is 18.5 Å². The van der Waals surface area contributed by atoms with E-state index in [2.05, 4.69) is 5.32 Å². The summed E-state index contributed by atoms with van der Waals surface area (Å²) < 4.78 is 52.7. The zero-order valence-corrected chi connectivity index (χ0v) is 14.3. The number of alkyl halides is 3. The van der Waals surface area contributed by atoms with Crippen LogP contribution >= 0.6 is 0 Å². The average molecular weight is 366 g/mol. The van der Waals surface area contributed by atoms with E-state index in [9.17, 15) is 22.4 Å². The second-order valence-corrected chi connectivity index (χ2v) is 6.58. The van der Waals surface area contributed by atoms with Crippen LogP contribution in [-0.2, 0) is 11.0 Å². The maximum atomic E-state index is 13.8. The van der Waals surface area contributed by atoms with Gasteiger partial charge in [-0.05, 0) is 42.2 Å². The van der Waals surface area contributed by atoms with Gasteiger partial charge in [0.25, 0.3) is 0 Å². The third-order valence-electron chi connectivity index (χ3n) is 4.50. The number of nitrogens with one attached hydrogen (secondary N) is 1. The molecule has 3 nitrogen and oxygen atoms in total. The molecule has 0 bridgehead atoms. The summed E-state index contributed by atoms with van der Waals surface area (Å²) in [4.78, 5) is 14.1. The fourth-order valence-electron chi connectivity index (χ4n) is 3.03. The van der Waals surface area contributed by atoms with Gasteiger partial charge in [-0.25, -0.2) is 4.39 Å². The lowest BCUT2D eigenvalue weighted by molar-refractivity contribution is -0.137. The molecule has 1 amide bonds. The lowest BCUT2D eigenvalue weighted by Gasteiger charge is -2.20. The molecule has 1 saturated carbocycles. The summed E-state index contributed by atoms with van der Waals surface area (Å²) in [6.07, 6.45) is -4.03. The fourth-order valence-corrected chi connectivity index (χ4v) is 3.03. The van der Waals surface area contributed by atoms with Gasteiger partial charge in [-0.3, -0.25) is 4.79 Å². The zero-order valence-electron chi connectivity index (χ0n) is 14.3. The number of carbonyl (C=O) groups excluding carboxylic acids is 1. The van der Waals surface area contributed by atoms with E-state index in [4.69, 9.17) is 0 Å². The number of benzene rings is 2. The SMILES string of the molecule is CN(C)c1ccc(C(F)(F)F)cc1NC(=O)C1CC1c1ccccc1F. The van der Waals surface area contributed by atoms with Gasteiger partial charge in [-0.15, -0.1) is 0 Å². The molecular formula is C19H18F4N2O. The van der Waals surface area contributed by atoms with Crippen LogP contribution in [0.15, 0.2) is 42.5 Å². The van der Waals surface area contributed by atoms with Crippen LogP contribution in [0.3, 0.4) is 0 Å². The second kappa shape index (κ2) is 6.63. The molecule has 1 aliphatic rings. The summed E-state index contributed by atoms with van der Waals surface area (Å²) in [5.41, 5.74) is 0.188. The van der Waals surface area contributed by atoms with Crippen molar-refractivity contribution in [1.82, 2.24) is 0 Å². The van der Waals surface area contributed by atoms with Crippen molar-refractivity contribution in [2.24, 2.45) is 5.92 Å². The monoisotopic (exact) mass is 366 g/mol. The zero-order chi connectivity index (χ0) is 19.1. The van der Waals surface area contributed by atoms with Crippen molar-refractivity contribution in [3.8, 4) is 0 Å². The molecule has 2 unspecified atom stereocenters. The van der Waals surface area contributed by atoms with E-state index in [1.54, 1.807) is 37.2 Å². The number of halogens is 4. The average Bonchev–Trinajstić information content (AvgIpc) is 3.34. The number of amides is 1. The molecule has 0 radical (unpaired) electrons. The number of rotatable bonds is 4. The molecule has 1 aliphatic carbocycles. The highest BCUT2D eigenvalue weighted by Gasteiger charge is 2.45. The Morgan fingerprint density at radius 2 is 1.85 bits per heavy atom. The van der Waals surface area contributed by atoms with Crippen LogP contribution < -0.4 is 10.2 Å². The standard InChI is InChI=1S/C19H18F4N2O/c1-25(2)17-8-7-11(19(21,22)23)9-16(17)24-18(26)14-10-13(14)12-5-3-4-6-15(12)20/h3-9,13-14H,10H2,1-2H3,(H,24,26). The summed E-state index contributed by atoms with van der Waals surface area (Å²) in [7, 11) is 3.36. The van der Waals surface area contributed by atoms with E-state index >= 15 is 0 Å². The van der Waals surface area contributed by atoms with Gasteiger partial charge in [-0.1, -0.05) is 18.2 Å². The maximum absolute atomic E-state index is 13.8. The molecule has 0 heterocycles. The topological polar surface area (TPSA) is 32.3 Å². The normalized spacial score (nSPS) is 19.2. The van der Waals surface area contributed by atoms with Crippen LogP contribution in [-0.4, -0.2) is 20.0 Å². The summed E-state index contributed by atoms with van der Waals surface area (Å²) in [6.45, 7) is 0. The minimum atomic E-state index is -4.50. The summed E-state index contributed by atoms with van der Waals surface area (Å²) >= 11 is 0. The Balaban J connectivity index is 1.80. The molecule has 26 heavy (non-hydrogen) atoms. The van der Waals surface area contributed by atoms with Gasteiger partial charge in [-0.2, -0.15) is 13.2 Å². The van der Waals surface area contributed by atoms with Crippen molar-refractivity contribution in [3.05, 3.63) is 59.4 Å². The summed E-state index contributed by atoms with van der Waals surface area (Å²) in [6, 6.07) is 9.45. The summed E-state index contributed by atoms with van der Waals surface area (Å²) in [5.74, 6) is -1.47. The molecule has 1 N–H and O–H groups in total.